The molecule has 0 bridgehead atoms. The van der Waals surface area contributed by atoms with Crippen LogP contribution < -0.4 is 20.4 Å². The number of para-hydroxylation sites is 1. The minimum atomic E-state index is 0.394. The first kappa shape index (κ1) is 23.3. The third-order valence-corrected chi connectivity index (χ3v) is 6.21. The van der Waals surface area contributed by atoms with E-state index in [1.54, 1.807) is 13.3 Å². The summed E-state index contributed by atoms with van der Waals surface area (Å²) in [5, 5.41) is 7.73. The Morgan fingerprint density at radius 1 is 0.917 bits per heavy atom. The van der Waals surface area contributed by atoms with Gasteiger partial charge in [0.05, 0.1) is 13.3 Å². The van der Waals surface area contributed by atoms with E-state index in [1.165, 1.54) is 0 Å². The van der Waals surface area contributed by atoms with Crippen LogP contribution in [0.15, 0.2) is 65.8 Å². The summed E-state index contributed by atoms with van der Waals surface area (Å²) in [5.41, 5.74) is 8.20. The fourth-order valence-electron chi connectivity index (χ4n) is 4.39. The van der Waals surface area contributed by atoms with E-state index in [0.29, 0.717) is 17.8 Å². The SMILES string of the molecule is COc1ccc(-n2c(C)cc(/C=N/Nc3nc(Nc4ccccc4)nc(N4CCCC4)n3)c2C)cc1. The van der Waals surface area contributed by atoms with Crippen molar-refractivity contribution in [1.29, 1.82) is 0 Å². The molecule has 184 valence electrons. The second-order valence-corrected chi connectivity index (χ2v) is 8.70. The van der Waals surface area contributed by atoms with Gasteiger partial charge in [0.1, 0.15) is 5.75 Å². The van der Waals surface area contributed by atoms with Crippen molar-refractivity contribution in [2.24, 2.45) is 5.10 Å². The van der Waals surface area contributed by atoms with Gasteiger partial charge in [-0.2, -0.15) is 20.1 Å². The summed E-state index contributed by atoms with van der Waals surface area (Å²) in [6.07, 6.45) is 4.07. The van der Waals surface area contributed by atoms with Gasteiger partial charge in [-0.1, -0.05) is 18.2 Å². The third kappa shape index (κ3) is 5.14. The lowest BCUT2D eigenvalue weighted by atomic mass is 10.2. The van der Waals surface area contributed by atoms with Gasteiger partial charge in [0, 0.05) is 41.4 Å². The maximum atomic E-state index is 5.29. The molecule has 0 unspecified atom stereocenters. The molecule has 9 heteroatoms. The number of benzene rings is 2. The largest absolute Gasteiger partial charge is 0.497 e. The molecule has 0 aliphatic carbocycles. The molecule has 36 heavy (non-hydrogen) atoms. The van der Waals surface area contributed by atoms with Crippen LogP contribution in [0, 0.1) is 13.8 Å². The average molecular weight is 483 g/mol. The van der Waals surface area contributed by atoms with Crippen LogP contribution in [-0.4, -0.2) is 45.9 Å². The molecule has 1 aliphatic heterocycles. The Morgan fingerprint density at radius 2 is 1.64 bits per heavy atom. The van der Waals surface area contributed by atoms with Gasteiger partial charge in [0.25, 0.3) is 0 Å². The minimum Gasteiger partial charge on any atom is -0.497 e. The second kappa shape index (κ2) is 10.5. The Labute approximate surface area is 210 Å². The maximum absolute atomic E-state index is 5.29. The van der Waals surface area contributed by atoms with E-state index in [0.717, 1.165) is 60.0 Å². The monoisotopic (exact) mass is 482 g/mol. The zero-order valence-corrected chi connectivity index (χ0v) is 20.8. The normalized spacial score (nSPS) is 13.4. The first-order valence-electron chi connectivity index (χ1n) is 12.1. The number of aromatic nitrogens is 4. The molecular formula is C27H30N8O. The number of methoxy groups -OCH3 is 1. The fraction of sp³-hybridized carbons (Fsp3) is 0.259. The lowest BCUT2D eigenvalue weighted by molar-refractivity contribution is 0.414. The summed E-state index contributed by atoms with van der Waals surface area (Å²) in [6.45, 7) is 6.04. The Bertz CT molecular complexity index is 1340. The Balaban J connectivity index is 1.37. The number of ether oxygens (including phenoxy) is 1. The smallest absolute Gasteiger partial charge is 0.250 e. The molecule has 2 aromatic heterocycles. The van der Waals surface area contributed by atoms with Gasteiger partial charge in [-0.25, -0.2) is 5.43 Å². The van der Waals surface area contributed by atoms with Crippen molar-refractivity contribution in [2.45, 2.75) is 26.7 Å². The van der Waals surface area contributed by atoms with Crippen LogP contribution in [0.25, 0.3) is 5.69 Å². The molecule has 0 atom stereocenters. The first-order chi connectivity index (χ1) is 17.6. The molecule has 1 fully saturated rings. The Morgan fingerprint density at radius 3 is 2.36 bits per heavy atom. The molecular weight excluding hydrogens is 452 g/mol. The second-order valence-electron chi connectivity index (χ2n) is 8.70. The maximum Gasteiger partial charge on any atom is 0.250 e. The number of rotatable bonds is 8. The van der Waals surface area contributed by atoms with Crippen LogP contribution in [0.2, 0.25) is 0 Å². The zero-order valence-electron chi connectivity index (χ0n) is 20.8. The molecule has 3 heterocycles. The van der Waals surface area contributed by atoms with Gasteiger partial charge in [-0.15, -0.1) is 0 Å². The van der Waals surface area contributed by atoms with Crippen molar-refractivity contribution < 1.29 is 4.74 Å². The van der Waals surface area contributed by atoms with E-state index < -0.39 is 0 Å². The summed E-state index contributed by atoms with van der Waals surface area (Å²) in [6, 6.07) is 20.0. The highest BCUT2D eigenvalue weighted by Gasteiger charge is 2.17. The average Bonchev–Trinajstić information content (AvgIpc) is 3.53. The molecule has 4 aromatic rings. The van der Waals surface area contributed by atoms with Gasteiger partial charge in [0.15, 0.2) is 0 Å². The molecule has 1 aliphatic rings. The van der Waals surface area contributed by atoms with Crippen molar-refractivity contribution in [1.82, 2.24) is 19.5 Å². The van der Waals surface area contributed by atoms with Crippen LogP contribution in [-0.2, 0) is 0 Å². The number of hydrazone groups is 1. The molecule has 0 spiro atoms. The van der Waals surface area contributed by atoms with E-state index in [2.05, 4.69) is 60.2 Å². The van der Waals surface area contributed by atoms with Crippen LogP contribution in [0.1, 0.15) is 29.8 Å². The number of anilines is 4. The minimum absolute atomic E-state index is 0.394. The molecule has 9 nitrogen and oxygen atoms in total. The van der Waals surface area contributed by atoms with Crippen molar-refractivity contribution in [3.63, 3.8) is 0 Å². The number of hydrogen-bond acceptors (Lipinski definition) is 8. The number of nitrogens with one attached hydrogen (secondary N) is 2. The molecule has 1 saturated heterocycles. The third-order valence-electron chi connectivity index (χ3n) is 6.21. The number of hydrogen-bond donors (Lipinski definition) is 2. The molecule has 2 aromatic carbocycles. The summed E-state index contributed by atoms with van der Waals surface area (Å²) < 4.78 is 7.48. The highest BCUT2D eigenvalue weighted by Crippen LogP contribution is 2.23. The summed E-state index contributed by atoms with van der Waals surface area (Å²) in [4.78, 5) is 16.0. The highest BCUT2D eigenvalue weighted by molar-refractivity contribution is 5.82. The van der Waals surface area contributed by atoms with Crippen molar-refractivity contribution >= 4 is 29.7 Å². The van der Waals surface area contributed by atoms with E-state index >= 15 is 0 Å². The van der Waals surface area contributed by atoms with E-state index in [1.807, 2.05) is 54.6 Å². The van der Waals surface area contributed by atoms with Crippen molar-refractivity contribution in [2.75, 3.05) is 35.8 Å². The van der Waals surface area contributed by atoms with E-state index in [-0.39, 0.29) is 0 Å². The number of nitrogens with zero attached hydrogens (tertiary/aromatic N) is 6. The first-order valence-corrected chi connectivity index (χ1v) is 12.1. The highest BCUT2D eigenvalue weighted by atomic mass is 16.5. The van der Waals surface area contributed by atoms with E-state index in [9.17, 15) is 0 Å². The summed E-state index contributed by atoms with van der Waals surface area (Å²) in [7, 11) is 1.67. The standard InChI is InChI=1S/C27H30N8O/c1-19-17-21(20(2)35(19)23-11-13-24(36-3)14-12-23)18-28-33-26-30-25(29-22-9-5-4-6-10-22)31-27(32-26)34-15-7-8-16-34/h4-6,9-14,17-18H,7-8,15-16H2,1-3H3,(H2,29,30,31,32,33)/b28-18+. The van der Waals surface area contributed by atoms with Crippen LogP contribution in [0.3, 0.4) is 0 Å². The molecule has 0 saturated carbocycles. The lowest BCUT2D eigenvalue weighted by Crippen LogP contribution is -2.21. The predicted octanol–water partition coefficient (Wildman–Crippen LogP) is 5.08. The lowest BCUT2D eigenvalue weighted by Gasteiger charge is -2.16. The topological polar surface area (TPSA) is 92.5 Å². The fourth-order valence-corrected chi connectivity index (χ4v) is 4.39. The van der Waals surface area contributed by atoms with Crippen LogP contribution >= 0.6 is 0 Å². The van der Waals surface area contributed by atoms with Gasteiger partial charge >= 0.3 is 0 Å². The van der Waals surface area contributed by atoms with Gasteiger partial charge in [-0.05, 0) is 69.2 Å². The van der Waals surface area contributed by atoms with E-state index in [4.69, 9.17) is 4.74 Å². The van der Waals surface area contributed by atoms with Gasteiger partial charge < -0.3 is 19.5 Å². The Hall–Kier alpha value is -4.40. The van der Waals surface area contributed by atoms with Gasteiger partial charge in [-0.3, -0.25) is 0 Å². The predicted molar refractivity (Wildman–Crippen MR) is 144 cm³/mol. The van der Waals surface area contributed by atoms with Crippen molar-refractivity contribution in [3.05, 3.63) is 77.6 Å². The Kier molecular flexibility index (Phi) is 6.79. The van der Waals surface area contributed by atoms with Crippen LogP contribution in [0.5, 0.6) is 5.75 Å². The van der Waals surface area contributed by atoms with Gasteiger partial charge in [0.2, 0.25) is 17.8 Å². The molecule has 0 amide bonds. The number of aryl methyl sites for hydroxylation is 1. The summed E-state index contributed by atoms with van der Waals surface area (Å²) in [5.74, 6) is 2.36. The summed E-state index contributed by atoms with van der Waals surface area (Å²) >= 11 is 0. The van der Waals surface area contributed by atoms with Crippen LogP contribution in [0.4, 0.5) is 23.5 Å². The molecule has 5 rings (SSSR count). The molecule has 0 radical (unpaired) electrons. The zero-order chi connectivity index (χ0) is 24.9. The molecule has 2 N–H and O–H groups in total. The van der Waals surface area contributed by atoms with Crippen molar-refractivity contribution in [3.8, 4) is 11.4 Å². The quantitative estimate of drug-likeness (QED) is 0.267.